The Balaban J connectivity index is 2.69. The van der Waals surface area contributed by atoms with Crippen LogP contribution in [0.15, 0.2) is 18.5 Å². The molecule has 0 fully saturated rings. The van der Waals surface area contributed by atoms with E-state index >= 15 is 0 Å². The molecule has 1 heterocycles. The van der Waals surface area contributed by atoms with Gasteiger partial charge in [-0.05, 0) is 12.5 Å². The second kappa shape index (κ2) is 4.81. The number of nitrogens with one attached hydrogen (secondary N) is 1. The summed E-state index contributed by atoms with van der Waals surface area (Å²) >= 11 is 0. The highest BCUT2D eigenvalue weighted by Gasteiger charge is 2.20. The molecule has 0 aromatic carbocycles. The molecule has 0 aliphatic carbocycles. The third-order valence-corrected chi connectivity index (χ3v) is 2.36. The zero-order chi connectivity index (χ0) is 10.6. The number of nitrogens with zero attached hydrogens (tertiary/aromatic N) is 1. The van der Waals surface area contributed by atoms with Crippen LogP contribution in [0.2, 0.25) is 0 Å². The fraction of sp³-hybridized carbons (Fsp3) is 0.500. The molecule has 2 N–H and O–H groups in total. The van der Waals surface area contributed by atoms with Crippen molar-refractivity contribution in [2.45, 2.75) is 13.3 Å². The lowest BCUT2D eigenvalue weighted by molar-refractivity contribution is -0.123. The van der Waals surface area contributed by atoms with Gasteiger partial charge in [-0.3, -0.25) is 4.79 Å². The maximum absolute atomic E-state index is 11.8. The molecule has 1 atom stereocenters. The van der Waals surface area contributed by atoms with E-state index in [9.17, 15) is 4.79 Å². The van der Waals surface area contributed by atoms with Crippen molar-refractivity contribution in [1.82, 2.24) is 4.98 Å². The molecule has 1 aromatic heterocycles. The minimum atomic E-state index is -0.296. The van der Waals surface area contributed by atoms with Crippen molar-refractivity contribution in [2.75, 3.05) is 18.6 Å². The average Bonchev–Trinajstić information content (AvgIpc) is 2.71. The van der Waals surface area contributed by atoms with Crippen LogP contribution < -0.4 is 4.90 Å². The number of amides is 1. The van der Waals surface area contributed by atoms with Gasteiger partial charge in [0.15, 0.2) is 0 Å². The van der Waals surface area contributed by atoms with E-state index in [1.165, 1.54) is 0 Å². The second-order valence-electron chi connectivity index (χ2n) is 3.25. The maximum atomic E-state index is 11.8. The number of carbonyl (C=O) groups excluding carboxylic acids is 1. The van der Waals surface area contributed by atoms with Gasteiger partial charge in [-0.15, -0.1) is 0 Å². The second-order valence-corrected chi connectivity index (χ2v) is 3.25. The highest BCUT2D eigenvalue weighted by molar-refractivity contribution is 5.94. The normalized spacial score (nSPS) is 12.5. The third kappa shape index (κ3) is 2.14. The van der Waals surface area contributed by atoms with E-state index in [2.05, 4.69) is 4.98 Å². The van der Waals surface area contributed by atoms with Gasteiger partial charge in [-0.25, -0.2) is 0 Å². The number of hydrogen-bond acceptors (Lipinski definition) is 2. The third-order valence-electron chi connectivity index (χ3n) is 2.36. The van der Waals surface area contributed by atoms with Crippen LogP contribution in [-0.2, 0) is 4.79 Å². The molecule has 4 nitrogen and oxygen atoms in total. The first-order valence-corrected chi connectivity index (χ1v) is 4.72. The highest BCUT2D eigenvalue weighted by Crippen LogP contribution is 2.14. The largest absolute Gasteiger partial charge is 0.396 e. The summed E-state index contributed by atoms with van der Waals surface area (Å²) in [7, 11) is 1.71. The van der Waals surface area contributed by atoms with Crippen molar-refractivity contribution in [2.24, 2.45) is 5.92 Å². The van der Waals surface area contributed by atoms with Gasteiger partial charge in [0.1, 0.15) is 0 Å². The topological polar surface area (TPSA) is 56.3 Å². The van der Waals surface area contributed by atoms with Gasteiger partial charge in [0, 0.05) is 19.4 Å². The zero-order valence-electron chi connectivity index (χ0n) is 8.53. The van der Waals surface area contributed by atoms with Crippen LogP contribution in [-0.4, -0.2) is 29.7 Å². The minimum Gasteiger partial charge on any atom is -0.396 e. The first-order chi connectivity index (χ1) is 6.70. The summed E-state index contributed by atoms with van der Waals surface area (Å²) in [6, 6.07) is 1.82. The molecule has 0 saturated carbocycles. The standard InChI is InChI=1S/C10H16N2O2/c1-3-8(7-13)10(14)12(2)9-4-5-11-6-9/h4-6,8,11,13H,3,7H2,1-2H3. The molecule has 1 rings (SSSR count). The predicted molar refractivity (Wildman–Crippen MR) is 55.1 cm³/mol. The van der Waals surface area contributed by atoms with E-state index in [0.717, 1.165) is 5.69 Å². The fourth-order valence-corrected chi connectivity index (χ4v) is 1.31. The van der Waals surface area contributed by atoms with Gasteiger partial charge in [0.25, 0.3) is 0 Å². The zero-order valence-corrected chi connectivity index (χ0v) is 8.53. The predicted octanol–water partition coefficient (Wildman–Crippen LogP) is 0.996. The van der Waals surface area contributed by atoms with E-state index in [0.29, 0.717) is 6.42 Å². The smallest absolute Gasteiger partial charge is 0.232 e. The van der Waals surface area contributed by atoms with Crippen molar-refractivity contribution >= 4 is 11.6 Å². The Morgan fingerprint density at radius 3 is 2.86 bits per heavy atom. The molecule has 0 aliphatic heterocycles. The van der Waals surface area contributed by atoms with Crippen LogP contribution in [0.3, 0.4) is 0 Å². The Bertz CT molecular complexity index is 278. The summed E-state index contributed by atoms with van der Waals surface area (Å²) in [4.78, 5) is 16.2. The lowest BCUT2D eigenvalue weighted by atomic mass is 10.1. The van der Waals surface area contributed by atoms with Crippen LogP contribution in [0.1, 0.15) is 13.3 Å². The van der Waals surface area contributed by atoms with Crippen molar-refractivity contribution in [3.05, 3.63) is 18.5 Å². The molecule has 78 valence electrons. The number of aliphatic hydroxyl groups excluding tert-OH is 1. The van der Waals surface area contributed by atoms with Gasteiger partial charge in [-0.1, -0.05) is 6.92 Å². The van der Waals surface area contributed by atoms with E-state index < -0.39 is 0 Å². The van der Waals surface area contributed by atoms with Crippen molar-refractivity contribution in [1.29, 1.82) is 0 Å². The van der Waals surface area contributed by atoms with E-state index in [1.807, 2.05) is 13.0 Å². The van der Waals surface area contributed by atoms with Crippen LogP contribution in [0.5, 0.6) is 0 Å². The summed E-state index contributed by atoms with van der Waals surface area (Å²) in [5.74, 6) is -0.343. The minimum absolute atomic E-state index is 0.0467. The number of aliphatic hydroxyl groups is 1. The highest BCUT2D eigenvalue weighted by atomic mass is 16.3. The molecule has 4 heteroatoms. The number of aromatic nitrogens is 1. The monoisotopic (exact) mass is 196 g/mol. The lowest BCUT2D eigenvalue weighted by Gasteiger charge is -2.20. The summed E-state index contributed by atoms with van der Waals surface area (Å²) in [5.41, 5.74) is 0.821. The first-order valence-electron chi connectivity index (χ1n) is 4.72. The van der Waals surface area contributed by atoms with Gasteiger partial charge in [-0.2, -0.15) is 0 Å². The number of aromatic amines is 1. The van der Waals surface area contributed by atoms with Crippen LogP contribution in [0.25, 0.3) is 0 Å². The Kier molecular flexibility index (Phi) is 3.71. The Morgan fingerprint density at radius 1 is 1.71 bits per heavy atom. The molecule has 0 saturated heterocycles. The number of rotatable bonds is 4. The van der Waals surface area contributed by atoms with Crippen molar-refractivity contribution in [3.8, 4) is 0 Å². The SMILES string of the molecule is CCC(CO)C(=O)N(C)c1cc[nH]c1. The molecule has 0 bridgehead atoms. The van der Waals surface area contributed by atoms with Gasteiger partial charge < -0.3 is 15.0 Å². The molecule has 0 radical (unpaired) electrons. The Labute approximate surface area is 83.5 Å². The molecule has 1 amide bonds. The number of carbonyl (C=O) groups is 1. The summed E-state index contributed by atoms with van der Waals surface area (Å²) in [5, 5.41) is 8.99. The van der Waals surface area contributed by atoms with Crippen LogP contribution >= 0.6 is 0 Å². The van der Waals surface area contributed by atoms with Gasteiger partial charge >= 0.3 is 0 Å². The van der Waals surface area contributed by atoms with E-state index in [1.54, 1.807) is 24.3 Å². The van der Waals surface area contributed by atoms with Crippen molar-refractivity contribution in [3.63, 3.8) is 0 Å². The molecule has 0 spiro atoms. The number of hydrogen-bond donors (Lipinski definition) is 2. The van der Waals surface area contributed by atoms with Crippen LogP contribution in [0.4, 0.5) is 5.69 Å². The molecule has 14 heavy (non-hydrogen) atoms. The molecule has 0 aliphatic rings. The summed E-state index contributed by atoms with van der Waals surface area (Å²) in [6.07, 6.45) is 4.17. The molecular weight excluding hydrogens is 180 g/mol. The fourth-order valence-electron chi connectivity index (χ4n) is 1.31. The van der Waals surface area contributed by atoms with Crippen LogP contribution in [0, 0.1) is 5.92 Å². The molecular formula is C10H16N2O2. The Morgan fingerprint density at radius 2 is 2.43 bits per heavy atom. The number of H-pyrrole nitrogens is 1. The lowest BCUT2D eigenvalue weighted by Crippen LogP contribution is -2.34. The Hall–Kier alpha value is -1.29. The molecule has 1 unspecified atom stereocenters. The summed E-state index contributed by atoms with van der Waals surface area (Å²) < 4.78 is 0. The van der Waals surface area contributed by atoms with Gasteiger partial charge in [0.05, 0.1) is 18.2 Å². The van der Waals surface area contributed by atoms with Crippen molar-refractivity contribution < 1.29 is 9.90 Å². The van der Waals surface area contributed by atoms with E-state index in [-0.39, 0.29) is 18.4 Å². The average molecular weight is 196 g/mol. The first kappa shape index (κ1) is 10.8. The summed E-state index contributed by atoms with van der Waals surface area (Å²) in [6.45, 7) is 1.80. The molecule has 1 aromatic rings. The maximum Gasteiger partial charge on any atom is 0.232 e. The number of anilines is 1. The van der Waals surface area contributed by atoms with E-state index in [4.69, 9.17) is 5.11 Å². The quantitative estimate of drug-likeness (QED) is 0.754. The van der Waals surface area contributed by atoms with Gasteiger partial charge in [0.2, 0.25) is 5.91 Å².